The molecule has 2 heterocycles. The van der Waals surface area contributed by atoms with Gasteiger partial charge in [0.1, 0.15) is 5.75 Å². The first kappa shape index (κ1) is 19.2. The fraction of sp³-hybridized carbons (Fsp3) is 0.333. The highest BCUT2D eigenvalue weighted by Crippen LogP contribution is 2.30. The number of oxazole rings is 1. The number of aromatic nitrogens is 1. The fourth-order valence-electron chi connectivity index (χ4n) is 3.71. The smallest absolute Gasteiger partial charge is 0.254 e. The number of carbonyl (C=O) groups is 1. The maximum atomic E-state index is 13.2. The van der Waals surface area contributed by atoms with Gasteiger partial charge in [-0.05, 0) is 56.2 Å². The Kier molecular flexibility index (Phi) is 5.94. The van der Waals surface area contributed by atoms with Gasteiger partial charge >= 0.3 is 0 Å². The quantitative estimate of drug-likeness (QED) is 0.583. The van der Waals surface area contributed by atoms with Gasteiger partial charge in [0.2, 0.25) is 5.89 Å². The van der Waals surface area contributed by atoms with Crippen molar-refractivity contribution in [3.63, 3.8) is 0 Å². The second kappa shape index (κ2) is 8.95. The van der Waals surface area contributed by atoms with Gasteiger partial charge in [0.25, 0.3) is 5.91 Å². The van der Waals surface area contributed by atoms with Gasteiger partial charge in [0.05, 0.1) is 18.4 Å². The highest BCUT2D eigenvalue weighted by Gasteiger charge is 2.22. The highest BCUT2D eigenvalue weighted by molar-refractivity contribution is 6.00. The van der Waals surface area contributed by atoms with Gasteiger partial charge in [-0.3, -0.25) is 4.79 Å². The van der Waals surface area contributed by atoms with E-state index in [1.807, 2.05) is 60.4 Å². The van der Waals surface area contributed by atoms with Crippen LogP contribution in [-0.2, 0) is 0 Å². The third-order valence-corrected chi connectivity index (χ3v) is 5.24. The molecule has 1 amide bonds. The molecule has 29 heavy (non-hydrogen) atoms. The second-order valence-electron chi connectivity index (χ2n) is 7.24. The van der Waals surface area contributed by atoms with Crippen LogP contribution >= 0.6 is 0 Å². The van der Waals surface area contributed by atoms with Gasteiger partial charge in [0.15, 0.2) is 5.76 Å². The summed E-state index contributed by atoms with van der Waals surface area (Å²) in [4.78, 5) is 19.6. The topological polar surface area (TPSA) is 55.6 Å². The first-order valence-corrected chi connectivity index (χ1v) is 10.3. The van der Waals surface area contributed by atoms with Crippen LogP contribution in [0.3, 0.4) is 0 Å². The Labute approximate surface area is 171 Å². The van der Waals surface area contributed by atoms with E-state index in [2.05, 4.69) is 4.98 Å². The lowest BCUT2D eigenvalue weighted by molar-refractivity contribution is 0.0762. The molecule has 5 heteroatoms. The third-order valence-electron chi connectivity index (χ3n) is 5.24. The van der Waals surface area contributed by atoms with E-state index in [4.69, 9.17) is 9.15 Å². The molecule has 0 saturated carbocycles. The third kappa shape index (κ3) is 4.34. The lowest BCUT2D eigenvalue weighted by atomic mass is 10.1. The molecule has 0 unspecified atom stereocenters. The van der Waals surface area contributed by atoms with Crippen molar-refractivity contribution in [3.05, 3.63) is 60.3 Å². The summed E-state index contributed by atoms with van der Waals surface area (Å²) in [7, 11) is 0. The van der Waals surface area contributed by atoms with Crippen LogP contribution in [0.4, 0.5) is 0 Å². The molecule has 0 radical (unpaired) electrons. The van der Waals surface area contributed by atoms with E-state index < -0.39 is 0 Å². The van der Waals surface area contributed by atoms with Crippen LogP contribution in [-0.4, -0.2) is 35.5 Å². The number of amides is 1. The second-order valence-corrected chi connectivity index (χ2v) is 7.24. The van der Waals surface area contributed by atoms with Crippen molar-refractivity contribution in [2.45, 2.75) is 32.6 Å². The Morgan fingerprint density at radius 3 is 2.48 bits per heavy atom. The number of carbonyl (C=O) groups excluding carboxylic acids is 1. The van der Waals surface area contributed by atoms with Crippen molar-refractivity contribution in [2.24, 2.45) is 0 Å². The van der Waals surface area contributed by atoms with E-state index in [9.17, 15) is 4.79 Å². The van der Waals surface area contributed by atoms with E-state index in [1.54, 1.807) is 6.20 Å². The summed E-state index contributed by atoms with van der Waals surface area (Å²) in [5.41, 5.74) is 2.30. The van der Waals surface area contributed by atoms with Crippen LogP contribution in [0.25, 0.3) is 22.8 Å². The summed E-state index contributed by atoms with van der Waals surface area (Å²) in [5, 5.41) is 0. The maximum Gasteiger partial charge on any atom is 0.254 e. The summed E-state index contributed by atoms with van der Waals surface area (Å²) in [5.74, 6) is 2.01. The molecular weight excluding hydrogens is 364 g/mol. The van der Waals surface area contributed by atoms with Gasteiger partial charge < -0.3 is 14.1 Å². The normalized spacial score (nSPS) is 14.4. The zero-order chi connectivity index (χ0) is 20.1. The molecule has 5 nitrogen and oxygen atoms in total. The molecule has 1 fully saturated rings. The molecule has 0 atom stereocenters. The van der Waals surface area contributed by atoms with Crippen LogP contribution in [0.1, 0.15) is 43.0 Å². The Balaban J connectivity index is 1.60. The molecule has 0 bridgehead atoms. The number of ether oxygens (including phenoxy) is 1. The number of hydrogen-bond donors (Lipinski definition) is 0. The van der Waals surface area contributed by atoms with Crippen LogP contribution < -0.4 is 4.74 Å². The minimum atomic E-state index is 0.0586. The van der Waals surface area contributed by atoms with Gasteiger partial charge in [-0.1, -0.05) is 25.0 Å². The summed E-state index contributed by atoms with van der Waals surface area (Å²) >= 11 is 0. The molecule has 4 rings (SSSR count). The molecule has 0 aliphatic carbocycles. The van der Waals surface area contributed by atoms with Crippen molar-refractivity contribution in [1.29, 1.82) is 0 Å². The molecule has 1 aliphatic rings. The van der Waals surface area contributed by atoms with Crippen molar-refractivity contribution >= 4 is 5.91 Å². The number of likely N-dealkylation sites (tertiary alicyclic amines) is 1. The first-order chi connectivity index (χ1) is 14.3. The Bertz CT molecular complexity index is 954. The van der Waals surface area contributed by atoms with E-state index in [0.29, 0.717) is 23.8 Å². The molecule has 2 aromatic carbocycles. The maximum absolute atomic E-state index is 13.2. The molecule has 3 aromatic rings. The van der Waals surface area contributed by atoms with E-state index >= 15 is 0 Å². The number of rotatable bonds is 5. The number of nitrogens with zero attached hydrogens (tertiary/aromatic N) is 2. The van der Waals surface area contributed by atoms with Crippen LogP contribution in [0.15, 0.2) is 59.1 Å². The summed E-state index contributed by atoms with van der Waals surface area (Å²) in [6.45, 7) is 4.22. The highest BCUT2D eigenvalue weighted by atomic mass is 16.5. The molecule has 1 saturated heterocycles. The van der Waals surface area contributed by atoms with E-state index in [0.717, 1.165) is 42.8 Å². The molecule has 1 aromatic heterocycles. The van der Waals surface area contributed by atoms with Crippen molar-refractivity contribution in [2.75, 3.05) is 19.7 Å². The minimum absolute atomic E-state index is 0.0586. The van der Waals surface area contributed by atoms with Gasteiger partial charge in [0, 0.05) is 24.2 Å². The van der Waals surface area contributed by atoms with Gasteiger partial charge in [-0.2, -0.15) is 0 Å². The van der Waals surface area contributed by atoms with Gasteiger partial charge in [-0.25, -0.2) is 4.98 Å². The Morgan fingerprint density at radius 1 is 1.03 bits per heavy atom. The molecule has 150 valence electrons. The summed E-state index contributed by atoms with van der Waals surface area (Å²) < 4.78 is 11.5. The molecular formula is C24H26N2O3. The SMILES string of the molecule is CCOc1ccc(-c2cnc(-c3ccccc3C(=O)N3CCCCCC3)o2)cc1. The van der Waals surface area contributed by atoms with Crippen LogP contribution in [0, 0.1) is 0 Å². The average molecular weight is 390 g/mol. The fourth-order valence-corrected chi connectivity index (χ4v) is 3.71. The Morgan fingerprint density at radius 2 is 1.76 bits per heavy atom. The van der Waals surface area contributed by atoms with Crippen molar-refractivity contribution in [3.8, 4) is 28.5 Å². The van der Waals surface area contributed by atoms with Crippen molar-refractivity contribution in [1.82, 2.24) is 9.88 Å². The summed E-state index contributed by atoms with van der Waals surface area (Å²) in [6.07, 6.45) is 6.22. The minimum Gasteiger partial charge on any atom is -0.494 e. The average Bonchev–Trinajstić information content (AvgIpc) is 3.09. The summed E-state index contributed by atoms with van der Waals surface area (Å²) in [6, 6.07) is 15.3. The lowest BCUT2D eigenvalue weighted by Gasteiger charge is -2.21. The number of benzene rings is 2. The zero-order valence-electron chi connectivity index (χ0n) is 16.8. The first-order valence-electron chi connectivity index (χ1n) is 10.3. The number of hydrogen-bond acceptors (Lipinski definition) is 4. The molecule has 1 aliphatic heterocycles. The predicted octanol–water partition coefficient (Wildman–Crippen LogP) is 5.42. The van der Waals surface area contributed by atoms with Crippen LogP contribution in [0.2, 0.25) is 0 Å². The predicted molar refractivity (Wildman–Crippen MR) is 113 cm³/mol. The molecule has 0 spiro atoms. The van der Waals surface area contributed by atoms with E-state index in [-0.39, 0.29) is 5.91 Å². The van der Waals surface area contributed by atoms with Crippen LogP contribution in [0.5, 0.6) is 5.75 Å². The van der Waals surface area contributed by atoms with Gasteiger partial charge in [-0.15, -0.1) is 0 Å². The Hall–Kier alpha value is -3.08. The van der Waals surface area contributed by atoms with E-state index in [1.165, 1.54) is 12.8 Å². The van der Waals surface area contributed by atoms with Crippen molar-refractivity contribution < 1.29 is 13.9 Å². The standard InChI is InChI=1S/C24H26N2O3/c1-2-28-19-13-11-18(12-14-19)22-17-25-23(29-22)20-9-5-6-10-21(20)24(27)26-15-7-3-4-8-16-26/h5-6,9-14,17H,2-4,7-8,15-16H2,1H3. The molecule has 0 N–H and O–H groups in total. The largest absolute Gasteiger partial charge is 0.494 e. The lowest BCUT2D eigenvalue weighted by Crippen LogP contribution is -2.32. The monoisotopic (exact) mass is 390 g/mol. The zero-order valence-corrected chi connectivity index (χ0v) is 16.8.